The summed E-state index contributed by atoms with van der Waals surface area (Å²) in [5.41, 5.74) is 0. The van der Waals surface area contributed by atoms with Gasteiger partial charge in [0, 0.05) is 64.9 Å². The summed E-state index contributed by atoms with van der Waals surface area (Å²) in [6.45, 7) is 8.11. The van der Waals surface area contributed by atoms with E-state index in [1.807, 2.05) is 7.05 Å². The average molecular weight is 478 g/mol. The Balaban J connectivity index is 0.00000243. The van der Waals surface area contributed by atoms with E-state index in [4.69, 9.17) is 0 Å². The van der Waals surface area contributed by atoms with Crippen LogP contribution in [-0.2, 0) is 0 Å². The number of hydrogen-bond acceptors (Lipinski definition) is 4. The summed E-state index contributed by atoms with van der Waals surface area (Å²) in [5, 5.41) is 7.21. The van der Waals surface area contributed by atoms with Gasteiger partial charge in [0.2, 0.25) is 0 Å². The maximum Gasteiger partial charge on any atom is 0.191 e. The summed E-state index contributed by atoms with van der Waals surface area (Å²) in [6.07, 6.45) is 7.02. The molecule has 2 saturated heterocycles. The Kier molecular flexibility index (Phi) is 9.40. The normalized spacial score (nSPS) is 29.7. The van der Waals surface area contributed by atoms with E-state index in [2.05, 4.69) is 44.4 Å². The molecule has 2 heterocycles. The molecule has 2 unspecified atom stereocenters. The molecule has 152 valence electrons. The molecule has 2 atom stereocenters. The van der Waals surface area contributed by atoms with Crippen LogP contribution >= 0.6 is 24.0 Å². The SMILES string of the molecule is CN=C(NCC1CN(C)CCN1C)NC1CCN(CC2CCCC2)C1.I. The molecule has 3 rings (SSSR count). The summed E-state index contributed by atoms with van der Waals surface area (Å²) in [5.74, 6) is 1.92. The lowest BCUT2D eigenvalue weighted by molar-refractivity contribution is 0.116. The molecule has 0 aromatic carbocycles. The molecule has 3 fully saturated rings. The number of likely N-dealkylation sites (tertiary alicyclic amines) is 1. The van der Waals surface area contributed by atoms with Crippen LogP contribution in [0.25, 0.3) is 0 Å². The number of rotatable bonds is 5. The number of aliphatic imine (C=N–C) groups is 1. The van der Waals surface area contributed by atoms with Gasteiger partial charge in [0.25, 0.3) is 0 Å². The highest BCUT2D eigenvalue weighted by Crippen LogP contribution is 2.26. The molecule has 0 aromatic rings. The van der Waals surface area contributed by atoms with Crippen LogP contribution in [0.3, 0.4) is 0 Å². The van der Waals surface area contributed by atoms with Crippen LogP contribution in [0, 0.1) is 5.92 Å². The fourth-order valence-corrected chi connectivity index (χ4v) is 4.60. The summed E-state index contributed by atoms with van der Waals surface area (Å²) in [4.78, 5) is 12.0. The Morgan fingerprint density at radius 1 is 1.04 bits per heavy atom. The Morgan fingerprint density at radius 2 is 1.81 bits per heavy atom. The minimum atomic E-state index is 0. The molecular weight excluding hydrogens is 439 g/mol. The molecule has 0 bridgehead atoms. The topological polar surface area (TPSA) is 46.1 Å². The van der Waals surface area contributed by atoms with E-state index < -0.39 is 0 Å². The van der Waals surface area contributed by atoms with Crippen molar-refractivity contribution in [3.63, 3.8) is 0 Å². The second kappa shape index (κ2) is 11.0. The van der Waals surface area contributed by atoms with Crippen LogP contribution in [0.1, 0.15) is 32.1 Å². The Morgan fingerprint density at radius 3 is 2.54 bits per heavy atom. The predicted molar refractivity (Wildman–Crippen MR) is 121 cm³/mol. The number of likely N-dealkylation sites (N-methyl/N-ethyl adjacent to an activating group) is 2. The molecule has 2 aliphatic heterocycles. The summed E-state index contributed by atoms with van der Waals surface area (Å²) in [6, 6.07) is 1.10. The number of hydrogen-bond donors (Lipinski definition) is 2. The van der Waals surface area contributed by atoms with Gasteiger partial charge in [-0.15, -0.1) is 24.0 Å². The van der Waals surface area contributed by atoms with E-state index in [-0.39, 0.29) is 24.0 Å². The molecule has 26 heavy (non-hydrogen) atoms. The summed E-state index contributed by atoms with van der Waals surface area (Å²) < 4.78 is 0. The number of halogens is 1. The van der Waals surface area contributed by atoms with Gasteiger partial charge in [0.15, 0.2) is 5.96 Å². The van der Waals surface area contributed by atoms with Gasteiger partial charge in [-0.2, -0.15) is 0 Å². The van der Waals surface area contributed by atoms with Crippen molar-refractivity contribution in [3.8, 4) is 0 Å². The van der Waals surface area contributed by atoms with Crippen LogP contribution in [-0.4, -0.2) is 99.7 Å². The van der Waals surface area contributed by atoms with Crippen molar-refractivity contribution < 1.29 is 0 Å². The molecule has 6 nitrogen and oxygen atoms in total. The van der Waals surface area contributed by atoms with Gasteiger partial charge in [0.05, 0.1) is 0 Å². The largest absolute Gasteiger partial charge is 0.355 e. The van der Waals surface area contributed by atoms with Gasteiger partial charge in [-0.05, 0) is 39.3 Å². The van der Waals surface area contributed by atoms with E-state index in [1.54, 1.807) is 0 Å². The number of guanidine groups is 1. The molecule has 1 saturated carbocycles. The first kappa shape index (κ1) is 22.2. The minimum Gasteiger partial charge on any atom is -0.355 e. The molecular formula is C19H39IN6. The zero-order chi connectivity index (χ0) is 17.6. The van der Waals surface area contributed by atoms with Gasteiger partial charge < -0.3 is 20.4 Å². The highest BCUT2D eigenvalue weighted by Gasteiger charge is 2.27. The molecule has 0 radical (unpaired) electrons. The van der Waals surface area contributed by atoms with E-state index in [0.29, 0.717) is 12.1 Å². The lowest BCUT2D eigenvalue weighted by Crippen LogP contribution is -2.56. The van der Waals surface area contributed by atoms with Gasteiger partial charge in [-0.25, -0.2) is 0 Å². The van der Waals surface area contributed by atoms with E-state index >= 15 is 0 Å². The van der Waals surface area contributed by atoms with Crippen molar-refractivity contribution in [2.45, 2.75) is 44.2 Å². The molecule has 0 spiro atoms. The van der Waals surface area contributed by atoms with Gasteiger partial charge in [-0.3, -0.25) is 9.89 Å². The number of nitrogens with one attached hydrogen (secondary N) is 2. The maximum absolute atomic E-state index is 4.45. The average Bonchev–Trinajstić information content (AvgIpc) is 3.27. The highest BCUT2D eigenvalue weighted by atomic mass is 127. The van der Waals surface area contributed by atoms with Crippen LogP contribution < -0.4 is 10.6 Å². The second-order valence-electron chi connectivity index (χ2n) is 8.39. The Labute approximate surface area is 177 Å². The van der Waals surface area contributed by atoms with Gasteiger partial charge in [0.1, 0.15) is 0 Å². The smallest absolute Gasteiger partial charge is 0.191 e. The first-order valence-electron chi connectivity index (χ1n) is 10.2. The molecule has 1 aliphatic carbocycles. The zero-order valence-electron chi connectivity index (χ0n) is 16.9. The van der Waals surface area contributed by atoms with Crippen molar-refractivity contribution in [1.82, 2.24) is 25.3 Å². The van der Waals surface area contributed by atoms with Crippen LogP contribution in [0.5, 0.6) is 0 Å². The second-order valence-corrected chi connectivity index (χ2v) is 8.39. The first-order chi connectivity index (χ1) is 12.1. The third-order valence-corrected chi connectivity index (χ3v) is 6.31. The summed E-state index contributed by atoms with van der Waals surface area (Å²) in [7, 11) is 6.33. The maximum atomic E-state index is 4.45. The van der Waals surface area contributed by atoms with Crippen LogP contribution in [0.2, 0.25) is 0 Å². The van der Waals surface area contributed by atoms with Crippen LogP contribution in [0.15, 0.2) is 4.99 Å². The standard InChI is InChI=1S/C19H38N6.HI/c1-20-19(21-12-18-15-23(2)10-11-24(18)3)22-17-8-9-25(14-17)13-16-6-4-5-7-16;/h16-18H,4-15H2,1-3H3,(H2,20,21,22);1H. The minimum absolute atomic E-state index is 0. The van der Waals surface area contributed by atoms with Crippen molar-refractivity contribution in [2.75, 3.05) is 67.0 Å². The lowest BCUT2D eigenvalue weighted by atomic mass is 10.1. The van der Waals surface area contributed by atoms with Crippen molar-refractivity contribution in [2.24, 2.45) is 10.9 Å². The fraction of sp³-hybridized carbons (Fsp3) is 0.947. The molecule has 7 heteroatoms. The zero-order valence-corrected chi connectivity index (χ0v) is 19.2. The fourth-order valence-electron chi connectivity index (χ4n) is 4.60. The Bertz CT molecular complexity index is 440. The van der Waals surface area contributed by atoms with Crippen molar-refractivity contribution in [1.29, 1.82) is 0 Å². The van der Waals surface area contributed by atoms with E-state index in [0.717, 1.165) is 31.5 Å². The van der Waals surface area contributed by atoms with Crippen molar-refractivity contribution >= 4 is 29.9 Å². The van der Waals surface area contributed by atoms with Crippen LogP contribution in [0.4, 0.5) is 0 Å². The first-order valence-corrected chi connectivity index (χ1v) is 10.2. The quantitative estimate of drug-likeness (QED) is 0.354. The monoisotopic (exact) mass is 478 g/mol. The molecule has 0 amide bonds. The Hall–Kier alpha value is -0.120. The highest BCUT2D eigenvalue weighted by molar-refractivity contribution is 14.0. The van der Waals surface area contributed by atoms with Gasteiger partial charge >= 0.3 is 0 Å². The number of piperazine rings is 1. The third kappa shape index (κ3) is 6.49. The van der Waals surface area contributed by atoms with E-state index in [1.165, 1.54) is 58.3 Å². The van der Waals surface area contributed by atoms with Gasteiger partial charge in [-0.1, -0.05) is 12.8 Å². The molecule has 0 aromatic heterocycles. The molecule has 2 N–H and O–H groups in total. The van der Waals surface area contributed by atoms with Crippen molar-refractivity contribution in [3.05, 3.63) is 0 Å². The summed E-state index contributed by atoms with van der Waals surface area (Å²) >= 11 is 0. The predicted octanol–water partition coefficient (Wildman–Crippen LogP) is 1.28. The lowest BCUT2D eigenvalue weighted by Gasteiger charge is -2.38. The van der Waals surface area contributed by atoms with E-state index in [9.17, 15) is 0 Å². The molecule has 3 aliphatic rings. The third-order valence-electron chi connectivity index (χ3n) is 6.31. The number of nitrogens with zero attached hydrogens (tertiary/aromatic N) is 4.